The van der Waals surface area contributed by atoms with Gasteiger partial charge in [-0.15, -0.1) is 0 Å². The third kappa shape index (κ3) is 2.85. The van der Waals surface area contributed by atoms with Gasteiger partial charge >= 0.3 is 0 Å². The van der Waals surface area contributed by atoms with E-state index in [2.05, 4.69) is 20.5 Å². The third-order valence-electron chi connectivity index (χ3n) is 3.48. The number of para-hydroxylation sites is 1. The Morgan fingerprint density at radius 3 is 2.86 bits per heavy atom. The van der Waals surface area contributed by atoms with Gasteiger partial charge in [-0.1, -0.05) is 24.3 Å². The highest BCUT2D eigenvalue weighted by Crippen LogP contribution is 2.26. The number of aromatic nitrogens is 3. The van der Waals surface area contributed by atoms with E-state index < -0.39 is 0 Å². The molecular formula is C15H17N5O. The molecular weight excluding hydrogens is 266 g/mol. The summed E-state index contributed by atoms with van der Waals surface area (Å²) in [6.45, 7) is 1.84. The summed E-state index contributed by atoms with van der Waals surface area (Å²) in [6, 6.07) is 7.45. The lowest BCUT2D eigenvalue weighted by Crippen LogP contribution is -2.24. The summed E-state index contributed by atoms with van der Waals surface area (Å²) < 4.78 is 0. The van der Waals surface area contributed by atoms with Crippen LogP contribution in [0.2, 0.25) is 0 Å². The number of carbonyl (C=O) groups excluding carboxylic acids is 1. The van der Waals surface area contributed by atoms with Gasteiger partial charge in [0.25, 0.3) is 0 Å². The highest BCUT2D eigenvalue weighted by atomic mass is 16.1. The summed E-state index contributed by atoms with van der Waals surface area (Å²) in [5.74, 6) is 1.07. The number of hydrogen-bond acceptors (Lipinski definition) is 4. The SMILES string of the molecule is Cc1nc(-c2ccccc2NC(=O)C2C=CC(N)C2)n[nH]1. The van der Waals surface area contributed by atoms with E-state index in [4.69, 9.17) is 5.73 Å². The zero-order valence-electron chi connectivity index (χ0n) is 11.7. The fraction of sp³-hybridized carbons (Fsp3) is 0.267. The Balaban J connectivity index is 1.83. The van der Waals surface area contributed by atoms with E-state index in [0.717, 1.165) is 11.4 Å². The normalized spacial score (nSPS) is 20.7. The topological polar surface area (TPSA) is 96.7 Å². The largest absolute Gasteiger partial charge is 0.325 e. The van der Waals surface area contributed by atoms with Gasteiger partial charge in [0.2, 0.25) is 5.91 Å². The molecule has 1 aliphatic carbocycles. The summed E-state index contributed by atoms with van der Waals surface area (Å²) in [5, 5.41) is 9.89. The minimum Gasteiger partial charge on any atom is -0.325 e. The Hall–Kier alpha value is -2.47. The maximum atomic E-state index is 12.3. The van der Waals surface area contributed by atoms with Crippen LogP contribution in [0.3, 0.4) is 0 Å². The van der Waals surface area contributed by atoms with Crippen LogP contribution >= 0.6 is 0 Å². The number of nitrogens with two attached hydrogens (primary N) is 1. The van der Waals surface area contributed by atoms with Crippen molar-refractivity contribution in [3.63, 3.8) is 0 Å². The zero-order chi connectivity index (χ0) is 14.8. The van der Waals surface area contributed by atoms with Gasteiger partial charge in [0.15, 0.2) is 5.82 Å². The molecule has 1 heterocycles. The first-order chi connectivity index (χ1) is 10.1. The molecule has 0 saturated carbocycles. The fourth-order valence-corrected chi connectivity index (χ4v) is 2.40. The number of aryl methyl sites for hydroxylation is 1. The predicted octanol–water partition coefficient (Wildman–Crippen LogP) is 1.62. The van der Waals surface area contributed by atoms with Crippen molar-refractivity contribution in [1.82, 2.24) is 15.2 Å². The number of hydrogen-bond donors (Lipinski definition) is 3. The summed E-state index contributed by atoms with van der Waals surface area (Å²) in [6.07, 6.45) is 4.38. The molecule has 1 aromatic heterocycles. The van der Waals surface area contributed by atoms with Gasteiger partial charge in [0.05, 0.1) is 11.6 Å². The molecule has 0 saturated heterocycles. The number of rotatable bonds is 3. The van der Waals surface area contributed by atoms with Crippen LogP contribution in [-0.4, -0.2) is 27.1 Å². The number of carbonyl (C=O) groups is 1. The van der Waals surface area contributed by atoms with Crippen molar-refractivity contribution in [2.75, 3.05) is 5.32 Å². The highest BCUT2D eigenvalue weighted by Gasteiger charge is 2.23. The van der Waals surface area contributed by atoms with E-state index in [9.17, 15) is 4.79 Å². The predicted molar refractivity (Wildman–Crippen MR) is 80.4 cm³/mol. The summed E-state index contributed by atoms with van der Waals surface area (Å²) >= 11 is 0. The molecule has 1 aromatic carbocycles. The maximum Gasteiger partial charge on any atom is 0.231 e. The molecule has 1 amide bonds. The molecule has 0 bridgehead atoms. The van der Waals surface area contributed by atoms with Crippen molar-refractivity contribution in [1.29, 1.82) is 0 Å². The van der Waals surface area contributed by atoms with Crippen molar-refractivity contribution in [2.45, 2.75) is 19.4 Å². The molecule has 0 radical (unpaired) electrons. The van der Waals surface area contributed by atoms with Crippen molar-refractivity contribution in [2.24, 2.45) is 11.7 Å². The minimum atomic E-state index is -0.179. The molecule has 0 spiro atoms. The first-order valence-electron chi connectivity index (χ1n) is 6.86. The molecule has 0 fully saturated rings. The van der Waals surface area contributed by atoms with E-state index in [1.54, 1.807) is 0 Å². The van der Waals surface area contributed by atoms with Gasteiger partial charge < -0.3 is 11.1 Å². The summed E-state index contributed by atoms with van der Waals surface area (Å²) in [4.78, 5) is 16.6. The molecule has 3 rings (SSSR count). The van der Waals surface area contributed by atoms with E-state index in [0.29, 0.717) is 17.9 Å². The van der Waals surface area contributed by atoms with Gasteiger partial charge in [0.1, 0.15) is 5.82 Å². The van der Waals surface area contributed by atoms with E-state index in [1.165, 1.54) is 0 Å². The first-order valence-corrected chi connectivity index (χ1v) is 6.86. The second-order valence-electron chi connectivity index (χ2n) is 5.17. The van der Waals surface area contributed by atoms with Crippen LogP contribution in [0.1, 0.15) is 12.2 Å². The van der Waals surface area contributed by atoms with Crippen molar-refractivity contribution in [3.8, 4) is 11.4 Å². The van der Waals surface area contributed by atoms with E-state index in [-0.39, 0.29) is 17.9 Å². The van der Waals surface area contributed by atoms with Crippen molar-refractivity contribution < 1.29 is 4.79 Å². The number of nitrogens with zero attached hydrogens (tertiary/aromatic N) is 2. The van der Waals surface area contributed by atoms with E-state index >= 15 is 0 Å². The molecule has 1 aliphatic rings. The molecule has 2 unspecified atom stereocenters. The molecule has 2 aromatic rings. The van der Waals surface area contributed by atoms with Gasteiger partial charge in [-0.05, 0) is 25.5 Å². The number of amides is 1. The van der Waals surface area contributed by atoms with Crippen LogP contribution in [0.4, 0.5) is 5.69 Å². The highest BCUT2D eigenvalue weighted by molar-refractivity contribution is 5.97. The number of nitrogens with one attached hydrogen (secondary N) is 2. The number of anilines is 1. The lowest BCUT2D eigenvalue weighted by Gasteiger charge is -2.12. The zero-order valence-corrected chi connectivity index (χ0v) is 11.7. The smallest absolute Gasteiger partial charge is 0.231 e. The maximum absolute atomic E-state index is 12.3. The van der Waals surface area contributed by atoms with Gasteiger partial charge in [-0.3, -0.25) is 9.89 Å². The Morgan fingerprint density at radius 1 is 1.38 bits per heavy atom. The Labute approximate surface area is 122 Å². The average molecular weight is 283 g/mol. The van der Waals surface area contributed by atoms with E-state index in [1.807, 2.05) is 43.3 Å². The number of aromatic amines is 1. The van der Waals surface area contributed by atoms with Crippen LogP contribution in [0.25, 0.3) is 11.4 Å². The van der Waals surface area contributed by atoms with Crippen LogP contribution in [0, 0.1) is 12.8 Å². The van der Waals surface area contributed by atoms with Crippen LogP contribution in [-0.2, 0) is 4.79 Å². The molecule has 6 heteroatoms. The summed E-state index contributed by atoms with van der Waals surface area (Å²) in [5.41, 5.74) is 7.29. The second kappa shape index (κ2) is 5.49. The van der Waals surface area contributed by atoms with Crippen LogP contribution in [0.15, 0.2) is 36.4 Å². The standard InChI is InChI=1S/C15H17N5O/c1-9-17-14(20-19-9)12-4-2-3-5-13(12)18-15(21)10-6-7-11(16)8-10/h2-7,10-11H,8,16H2,1H3,(H,18,21)(H,17,19,20). The van der Waals surface area contributed by atoms with Crippen LogP contribution < -0.4 is 11.1 Å². The van der Waals surface area contributed by atoms with Gasteiger partial charge in [0, 0.05) is 11.6 Å². The van der Waals surface area contributed by atoms with Crippen molar-refractivity contribution in [3.05, 3.63) is 42.2 Å². The van der Waals surface area contributed by atoms with Gasteiger partial charge in [-0.25, -0.2) is 4.98 Å². The molecule has 21 heavy (non-hydrogen) atoms. The number of benzene rings is 1. The third-order valence-corrected chi connectivity index (χ3v) is 3.48. The molecule has 0 aliphatic heterocycles. The quantitative estimate of drug-likeness (QED) is 0.746. The average Bonchev–Trinajstić information content (AvgIpc) is 3.08. The second-order valence-corrected chi connectivity index (χ2v) is 5.17. The number of H-pyrrole nitrogens is 1. The van der Waals surface area contributed by atoms with Crippen molar-refractivity contribution >= 4 is 11.6 Å². The minimum absolute atomic E-state index is 0.0355. The Morgan fingerprint density at radius 2 is 2.19 bits per heavy atom. The monoisotopic (exact) mass is 283 g/mol. The Kier molecular flexibility index (Phi) is 3.53. The fourth-order valence-electron chi connectivity index (χ4n) is 2.40. The lowest BCUT2D eigenvalue weighted by atomic mass is 10.1. The molecule has 2 atom stereocenters. The Bertz CT molecular complexity index is 691. The van der Waals surface area contributed by atoms with Crippen LogP contribution in [0.5, 0.6) is 0 Å². The van der Waals surface area contributed by atoms with Gasteiger partial charge in [-0.2, -0.15) is 5.10 Å². The molecule has 4 N–H and O–H groups in total. The summed E-state index contributed by atoms with van der Waals surface area (Å²) in [7, 11) is 0. The molecule has 108 valence electrons. The lowest BCUT2D eigenvalue weighted by molar-refractivity contribution is -0.118. The molecule has 6 nitrogen and oxygen atoms in total. The first kappa shape index (κ1) is 13.5.